The summed E-state index contributed by atoms with van der Waals surface area (Å²) in [5.41, 5.74) is 0. The van der Waals surface area contributed by atoms with Gasteiger partial charge in [0.05, 0.1) is 6.10 Å². The van der Waals surface area contributed by atoms with Crippen molar-refractivity contribution < 1.29 is 5.11 Å². The Kier molecular flexibility index (Phi) is 6.24. The second kappa shape index (κ2) is 6.41. The van der Waals surface area contributed by atoms with E-state index < -0.39 is 0 Å². The van der Waals surface area contributed by atoms with Gasteiger partial charge in [0.2, 0.25) is 0 Å². The molecule has 1 N–H and O–H groups in total. The van der Waals surface area contributed by atoms with Crippen LogP contribution in [0.5, 0.6) is 0 Å². The predicted octanol–water partition coefficient (Wildman–Crippen LogP) is 2.75. The largest absolute Gasteiger partial charge is 0.393 e. The molecule has 0 saturated carbocycles. The third kappa shape index (κ3) is 9.70. The van der Waals surface area contributed by atoms with E-state index in [4.69, 9.17) is 5.11 Å². The molecule has 0 aliphatic rings. The Bertz CT molecular complexity index is 103. The van der Waals surface area contributed by atoms with Crippen LogP contribution in [0.1, 0.15) is 40.0 Å². The molecular weight excluding hydrogens is 136 g/mol. The fraction of sp³-hybridized carbons (Fsp3) is 0.800. The number of hydrogen-bond acceptors (Lipinski definition) is 1. The Morgan fingerprint density at radius 1 is 1.18 bits per heavy atom. The Balaban J connectivity index is 3.17. The average molecular weight is 156 g/mol. The number of aliphatic hydroxyl groups is 1. The van der Waals surface area contributed by atoms with Crippen molar-refractivity contribution in [1.29, 1.82) is 0 Å². The first-order chi connectivity index (χ1) is 5.13. The molecule has 1 atom stereocenters. The van der Waals surface area contributed by atoms with Crippen LogP contribution in [0.2, 0.25) is 0 Å². The minimum absolute atomic E-state index is 0.154. The molecule has 0 amide bonds. The van der Waals surface area contributed by atoms with Gasteiger partial charge in [-0.15, -0.1) is 0 Å². The van der Waals surface area contributed by atoms with Gasteiger partial charge in [-0.05, 0) is 32.1 Å². The molecule has 0 aliphatic carbocycles. The Morgan fingerprint density at radius 2 is 1.82 bits per heavy atom. The molecule has 0 aliphatic heterocycles. The summed E-state index contributed by atoms with van der Waals surface area (Å²) in [5.74, 6) is 0.748. The lowest BCUT2D eigenvalue weighted by atomic mass is 10.1. The highest BCUT2D eigenvalue weighted by Crippen LogP contribution is 2.02. The van der Waals surface area contributed by atoms with Gasteiger partial charge in [-0.25, -0.2) is 0 Å². The highest BCUT2D eigenvalue weighted by atomic mass is 16.3. The van der Waals surface area contributed by atoms with Crippen LogP contribution in [0, 0.1) is 5.92 Å². The van der Waals surface area contributed by atoms with E-state index >= 15 is 0 Å². The van der Waals surface area contributed by atoms with Crippen molar-refractivity contribution in [3.8, 4) is 0 Å². The first-order valence-corrected chi connectivity index (χ1v) is 4.46. The maximum Gasteiger partial charge on any atom is 0.0515 e. The molecular formula is C10H20O. The fourth-order valence-electron chi connectivity index (χ4n) is 0.824. The molecule has 1 nitrogen and oxygen atoms in total. The molecule has 0 bridgehead atoms. The lowest BCUT2D eigenvalue weighted by molar-refractivity contribution is 0.186. The van der Waals surface area contributed by atoms with Gasteiger partial charge in [0, 0.05) is 0 Å². The molecule has 1 unspecified atom stereocenters. The first kappa shape index (κ1) is 10.7. The Morgan fingerprint density at radius 3 is 2.27 bits per heavy atom. The van der Waals surface area contributed by atoms with Gasteiger partial charge in [0.15, 0.2) is 0 Å². The molecule has 66 valence electrons. The van der Waals surface area contributed by atoms with Gasteiger partial charge in [-0.3, -0.25) is 0 Å². The number of aliphatic hydroxyl groups excluding tert-OH is 1. The van der Waals surface area contributed by atoms with Crippen molar-refractivity contribution in [2.24, 2.45) is 5.92 Å². The number of rotatable bonds is 5. The molecule has 11 heavy (non-hydrogen) atoms. The van der Waals surface area contributed by atoms with Crippen LogP contribution in [-0.2, 0) is 0 Å². The third-order valence-corrected chi connectivity index (χ3v) is 1.53. The summed E-state index contributed by atoms with van der Waals surface area (Å²) in [6.45, 7) is 6.24. The van der Waals surface area contributed by atoms with Crippen LogP contribution >= 0.6 is 0 Å². The first-order valence-electron chi connectivity index (χ1n) is 4.46. The summed E-state index contributed by atoms with van der Waals surface area (Å²) in [7, 11) is 0. The summed E-state index contributed by atoms with van der Waals surface area (Å²) in [4.78, 5) is 0. The summed E-state index contributed by atoms with van der Waals surface area (Å²) in [6.07, 6.45) is 7.25. The van der Waals surface area contributed by atoms with Crippen molar-refractivity contribution in [2.45, 2.75) is 46.1 Å². The topological polar surface area (TPSA) is 20.2 Å². The normalized spacial score (nSPS) is 14.6. The number of hydrogen-bond donors (Lipinski definition) is 1. The third-order valence-electron chi connectivity index (χ3n) is 1.53. The van der Waals surface area contributed by atoms with Gasteiger partial charge < -0.3 is 5.11 Å². The smallest absolute Gasteiger partial charge is 0.0515 e. The van der Waals surface area contributed by atoms with Gasteiger partial charge in [0.1, 0.15) is 0 Å². The summed E-state index contributed by atoms with van der Waals surface area (Å²) >= 11 is 0. The highest BCUT2D eigenvalue weighted by molar-refractivity contribution is 4.82. The molecule has 0 aromatic rings. The highest BCUT2D eigenvalue weighted by Gasteiger charge is 1.91. The molecule has 0 aromatic carbocycles. The van der Waals surface area contributed by atoms with E-state index in [0.29, 0.717) is 0 Å². The van der Waals surface area contributed by atoms with E-state index in [1.54, 1.807) is 0 Å². The van der Waals surface area contributed by atoms with Crippen LogP contribution in [0.25, 0.3) is 0 Å². The van der Waals surface area contributed by atoms with E-state index in [9.17, 15) is 0 Å². The molecule has 0 saturated heterocycles. The summed E-state index contributed by atoms with van der Waals surface area (Å²) < 4.78 is 0. The molecule has 0 aromatic heterocycles. The van der Waals surface area contributed by atoms with Crippen LogP contribution < -0.4 is 0 Å². The SMILES string of the molecule is CC(C)CC=CCCC(C)O. The standard InChI is InChI=1S/C10H20O/c1-9(2)7-5-4-6-8-10(3)11/h4-5,9-11H,6-8H2,1-3H3. The van der Waals surface area contributed by atoms with Gasteiger partial charge in [0.25, 0.3) is 0 Å². The molecule has 0 radical (unpaired) electrons. The van der Waals surface area contributed by atoms with Crippen molar-refractivity contribution in [1.82, 2.24) is 0 Å². The minimum atomic E-state index is -0.154. The van der Waals surface area contributed by atoms with Gasteiger partial charge >= 0.3 is 0 Å². The molecule has 0 fully saturated rings. The van der Waals surface area contributed by atoms with Crippen molar-refractivity contribution in [3.63, 3.8) is 0 Å². The van der Waals surface area contributed by atoms with Crippen molar-refractivity contribution in [3.05, 3.63) is 12.2 Å². The van der Waals surface area contributed by atoms with Crippen LogP contribution in [-0.4, -0.2) is 11.2 Å². The molecule has 0 heterocycles. The lowest BCUT2D eigenvalue weighted by Gasteiger charge is -1.99. The zero-order valence-electron chi connectivity index (χ0n) is 7.88. The quantitative estimate of drug-likeness (QED) is 0.607. The van der Waals surface area contributed by atoms with E-state index in [2.05, 4.69) is 26.0 Å². The maximum absolute atomic E-state index is 8.93. The Labute approximate surface area is 70.1 Å². The van der Waals surface area contributed by atoms with Gasteiger partial charge in [-0.2, -0.15) is 0 Å². The Hall–Kier alpha value is -0.300. The second-order valence-electron chi connectivity index (χ2n) is 3.53. The van der Waals surface area contributed by atoms with E-state index in [-0.39, 0.29) is 6.10 Å². The van der Waals surface area contributed by atoms with Crippen LogP contribution in [0.4, 0.5) is 0 Å². The predicted molar refractivity (Wildman–Crippen MR) is 49.5 cm³/mol. The van der Waals surface area contributed by atoms with Crippen LogP contribution in [0.3, 0.4) is 0 Å². The monoisotopic (exact) mass is 156 g/mol. The molecule has 0 spiro atoms. The zero-order valence-corrected chi connectivity index (χ0v) is 7.88. The minimum Gasteiger partial charge on any atom is -0.393 e. The van der Waals surface area contributed by atoms with E-state index in [1.165, 1.54) is 0 Å². The van der Waals surface area contributed by atoms with E-state index in [0.717, 1.165) is 25.2 Å². The maximum atomic E-state index is 8.93. The van der Waals surface area contributed by atoms with Crippen molar-refractivity contribution >= 4 is 0 Å². The van der Waals surface area contributed by atoms with E-state index in [1.807, 2.05) is 6.92 Å². The van der Waals surface area contributed by atoms with Gasteiger partial charge in [-0.1, -0.05) is 26.0 Å². The zero-order chi connectivity index (χ0) is 8.69. The second-order valence-corrected chi connectivity index (χ2v) is 3.53. The molecule has 1 heteroatoms. The average Bonchev–Trinajstić information content (AvgIpc) is 1.85. The lowest BCUT2D eigenvalue weighted by Crippen LogP contribution is -1.96. The van der Waals surface area contributed by atoms with Crippen LogP contribution in [0.15, 0.2) is 12.2 Å². The van der Waals surface area contributed by atoms with Crippen molar-refractivity contribution in [2.75, 3.05) is 0 Å². The summed E-state index contributed by atoms with van der Waals surface area (Å²) in [5, 5.41) is 8.93. The fourth-order valence-corrected chi connectivity index (χ4v) is 0.824. The number of allylic oxidation sites excluding steroid dienone is 2. The summed E-state index contributed by atoms with van der Waals surface area (Å²) in [6, 6.07) is 0. The molecule has 0 rings (SSSR count).